The molecule has 5 nitrogen and oxygen atoms in total. The smallest absolute Gasteiger partial charge is 0.261 e. The Bertz CT molecular complexity index is 688. The highest BCUT2D eigenvalue weighted by atomic mass is 32.1. The van der Waals surface area contributed by atoms with Gasteiger partial charge in [-0.3, -0.25) is 4.79 Å². The van der Waals surface area contributed by atoms with Gasteiger partial charge in [-0.2, -0.15) is 5.10 Å². The molecule has 2 aromatic heterocycles. The summed E-state index contributed by atoms with van der Waals surface area (Å²) in [7, 11) is 0. The van der Waals surface area contributed by atoms with Crippen LogP contribution < -0.4 is 5.32 Å². The lowest BCUT2D eigenvalue weighted by atomic mass is 9.90. The Balaban J connectivity index is 1.57. The first-order valence-corrected chi connectivity index (χ1v) is 8.62. The molecule has 2 aromatic rings. The largest absolute Gasteiger partial charge is 0.349 e. The molecule has 6 heteroatoms. The van der Waals surface area contributed by atoms with Gasteiger partial charge in [-0.25, -0.2) is 9.67 Å². The lowest BCUT2D eigenvalue weighted by Gasteiger charge is -2.16. The molecule has 0 aliphatic heterocycles. The zero-order valence-corrected chi connectivity index (χ0v) is 14.2. The van der Waals surface area contributed by atoms with Gasteiger partial charge in [0.05, 0.1) is 11.4 Å². The molecule has 0 saturated heterocycles. The van der Waals surface area contributed by atoms with Crippen LogP contribution in [0.5, 0.6) is 0 Å². The third-order valence-corrected chi connectivity index (χ3v) is 5.36. The summed E-state index contributed by atoms with van der Waals surface area (Å²) in [6, 6.07) is 2.08. The van der Waals surface area contributed by atoms with Crippen molar-refractivity contribution in [3.8, 4) is 0 Å². The number of carbonyl (C=O) groups is 1. The van der Waals surface area contributed by atoms with Crippen LogP contribution in [0.25, 0.3) is 0 Å². The third-order valence-electron chi connectivity index (χ3n) is 4.12. The highest BCUT2D eigenvalue weighted by Crippen LogP contribution is 2.32. The fourth-order valence-electron chi connectivity index (χ4n) is 2.95. The van der Waals surface area contributed by atoms with E-state index in [1.807, 2.05) is 18.5 Å². The topological polar surface area (TPSA) is 59.8 Å². The number of amides is 1. The normalized spacial score (nSPS) is 17.3. The Labute approximate surface area is 134 Å². The standard InChI is InChI=1S/C16H22N4OS/c1-10-4-5-14-13(8-10)9-15(22-14)16(21)17-6-7-20-12(3)18-11(2)19-20/h9-10H,4-8H2,1-3H3,(H,17,21)/t10-/m1/s1. The van der Waals surface area contributed by atoms with E-state index in [4.69, 9.17) is 0 Å². The van der Waals surface area contributed by atoms with Crippen LogP contribution in [0, 0.1) is 19.8 Å². The van der Waals surface area contributed by atoms with Gasteiger partial charge in [0, 0.05) is 11.4 Å². The molecule has 1 amide bonds. The van der Waals surface area contributed by atoms with E-state index in [2.05, 4.69) is 28.4 Å². The summed E-state index contributed by atoms with van der Waals surface area (Å²) in [6.07, 6.45) is 3.46. The lowest BCUT2D eigenvalue weighted by molar-refractivity contribution is 0.0956. The fraction of sp³-hybridized carbons (Fsp3) is 0.562. The number of aryl methyl sites for hydroxylation is 3. The molecule has 1 aliphatic carbocycles. The molecule has 1 N–H and O–H groups in total. The average Bonchev–Trinajstić information content (AvgIpc) is 3.01. The summed E-state index contributed by atoms with van der Waals surface area (Å²) in [5, 5.41) is 7.29. The zero-order valence-electron chi connectivity index (χ0n) is 13.3. The third kappa shape index (κ3) is 3.21. The van der Waals surface area contributed by atoms with Crippen molar-refractivity contribution in [2.45, 2.75) is 46.6 Å². The van der Waals surface area contributed by atoms with Crippen LogP contribution in [-0.2, 0) is 19.4 Å². The number of hydrogen-bond acceptors (Lipinski definition) is 4. The first-order chi connectivity index (χ1) is 10.5. The van der Waals surface area contributed by atoms with Gasteiger partial charge >= 0.3 is 0 Å². The number of fused-ring (bicyclic) bond motifs is 1. The predicted octanol–water partition coefficient (Wildman–Crippen LogP) is 2.51. The molecular formula is C16H22N4OS. The van der Waals surface area contributed by atoms with Crippen LogP contribution in [-0.4, -0.2) is 27.2 Å². The van der Waals surface area contributed by atoms with E-state index in [0.29, 0.717) is 13.1 Å². The van der Waals surface area contributed by atoms with Gasteiger partial charge in [0.15, 0.2) is 0 Å². The van der Waals surface area contributed by atoms with Crippen LogP contribution in [0.1, 0.15) is 45.1 Å². The minimum Gasteiger partial charge on any atom is -0.349 e. The van der Waals surface area contributed by atoms with Crippen LogP contribution in [0.4, 0.5) is 0 Å². The highest BCUT2D eigenvalue weighted by Gasteiger charge is 2.20. The Kier molecular flexibility index (Phi) is 4.29. The van der Waals surface area contributed by atoms with Gasteiger partial charge in [0.25, 0.3) is 5.91 Å². The first-order valence-electron chi connectivity index (χ1n) is 7.80. The van der Waals surface area contributed by atoms with Gasteiger partial charge in [-0.15, -0.1) is 11.3 Å². The number of nitrogens with one attached hydrogen (secondary N) is 1. The van der Waals surface area contributed by atoms with Crippen molar-refractivity contribution < 1.29 is 4.79 Å². The first kappa shape index (κ1) is 15.2. The number of thiophene rings is 1. The SMILES string of the molecule is Cc1nc(C)n(CCNC(=O)c2cc3c(s2)CC[C@@H](C)C3)n1. The summed E-state index contributed by atoms with van der Waals surface area (Å²) in [5.41, 5.74) is 1.37. The molecule has 1 aliphatic rings. The number of rotatable bonds is 4. The van der Waals surface area contributed by atoms with Crippen LogP contribution in [0.15, 0.2) is 6.07 Å². The van der Waals surface area contributed by atoms with Gasteiger partial charge in [0.2, 0.25) is 0 Å². The van der Waals surface area contributed by atoms with Crippen molar-refractivity contribution in [3.63, 3.8) is 0 Å². The molecule has 1 atom stereocenters. The quantitative estimate of drug-likeness (QED) is 0.942. The molecular weight excluding hydrogens is 296 g/mol. The number of aromatic nitrogens is 3. The lowest BCUT2D eigenvalue weighted by Crippen LogP contribution is -2.27. The van der Waals surface area contributed by atoms with E-state index in [-0.39, 0.29) is 5.91 Å². The van der Waals surface area contributed by atoms with Gasteiger partial charge in [-0.1, -0.05) is 6.92 Å². The maximum atomic E-state index is 12.3. The molecule has 118 valence electrons. The van der Waals surface area contributed by atoms with Crippen molar-refractivity contribution in [3.05, 3.63) is 33.0 Å². The molecule has 0 bridgehead atoms. The zero-order chi connectivity index (χ0) is 15.7. The van der Waals surface area contributed by atoms with E-state index >= 15 is 0 Å². The second-order valence-electron chi connectivity index (χ2n) is 6.09. The average molecular weight is 318 g/mol. The predicted molar refractivity (Wildman–Crippen MR) is 87.3 cm³/mol. The molecule has 0 radical (unpaired) electrons. The molecule has 3 rings (SSSR count). The van der Waals surface area contributed by atoms with E-state index in [9.17, 15) is 4.79 Å². The minimum absolute atomic E-state index is 0.0292. The Morgan fingerprint density at radius 2 is 2.32 bits per heavy atom. The summed E-state index contributed by atoms with van der Waals surface area (Å²) in [6.45, 7) is 7.31. The van der Waals surface area contributed by atoms with Crippen LogP contribution in [0.3, 0.4) is 0 Å². The van der Waals surface area contributed by atoms with Crippen molar-refractivity contribution in [1.82, 2.24) is 20.1 Å². The summed E-state index contributed by atoms with van der Waals surface area (Å²) in [5.74, 6) is 2.41. The van der Waals surface area contributed by atoms with Crippen molar-refractivity contribution in [2.75, 3.05) is 6.54 Å². The van der Waals surface area contributed by atoms with E-state index < -0.39 is 0 Å². The number of nitrogens with zero attached hydrogens (tertiary/aromatic N) is 3. The molecule has 0 aromatic carbocycles. The maximum absolute atomic E-state index is 12.3. The Morgan fingerprint density at radius 3 is 3.05 bits per heavy atom. The Hall–Kier alpha value is -1.69. The molecule has 0 fully saturated rings. The van der Waals surface area contributed by atoms with Crippen LogP contribution >= 0.6 is 11.3 Å². The summed E-state index contributed by atoms with van der Waals surface area (Å²) in [4.78, 5) is 18.8. The van der Waals surface area contributed by atoms with Gasteiger partial charge in [-0.05, 0) is 50.7 Å². The fourth-order valence-corrected chi connectivity index (χ4v) is 4.08. The summed E-state index contributed by atoms with van der Waals surface area (Å²) >= 11 is 1.65. The van der Waals surface area contributed by atoms with Gasteiger partial charge < -0.3 is 5.32 Å². The van der Waals surface area contributed by atoms with E-state index in [1.54, 1.807) is 11.3 Å². The second kappa shape index (κ2) is 6.20. The maximum Gasteiger partial charge on any atom is 0.261 e. The van der Waals surface area contributed by atoms with Crippen LogP contribution in [0.2, 0.25) is 0 Å². The summed E-state index contributed by atoms with van der Waals surface area (Å²) < 4.78 is 1.83. The van der Waals surface area contributed by atoms with Crippen molar-refractivity contribution >= 4 is 17.2 Å². The highest BCUT2D eigenvalue weighted by molar-refractivity contribution is 7.14. The molecule has 2 heterocycles. The van der Waals surface area contributed by atoms with E-state index in [1.165, 1.54) is 16.9 Å². The molecule has 22 heavy (non-hydrogen) atoms. The second-order valence-corrected chi connectivity index (χ2v) is 7.23. The molecule has 0 spiro atoms. The van der Waals surface area contributed by atoms with E-state index in [0.717, 1.165) is 35.3 Å². The van der Waals surface area contributed by atoms with Gasteiger partial charge in [0.1, 0.15) is 11.6 Å². The Morgan fingerprint density at radius 1 is 1.50 bits per heavy atom. The number of carbonyl (C=O) groups excluding carboxylic acids is 1. The molecule has 0 unspecified atom stereocenters. The van der Waals surface area contributed by atoms with Crippen molar-refractivity contribution in [2.24, 2.45) is 5.92 Å². The monoisotopic (exact) mass is 318 g/mol. The van der Waals surface area contributed by atoms with Crippen molar-refractivity contribution in [1.29, 1.82) is 0 Å². The molecule has 0 saturated carbocycles. The number of hydrogen-bond donors (Lipinski definition) is 1. The minimum atomic E-state index is 0.0292.